The van der Waals surface area contributed by atoms with Crippen molar-refractivity contribution in [3.63, 3.8) is 0 Å². The number of imide groups is 2. The third-order valence-electron chi connectivity index (χ3n) is 9.29. The van der Waals surface area contributed by atoms with Gasteiger partial charge < -0.3 is 31.1 Å². The Hall–Kier alpha value is -5.65. The van der Waals surface area contributed by atoms with Crippen molar-refractivity contribution < 1.29 is 28.8 Å². The molecule has 260 valence electrons. The first-order chi connectivity index (χ1) is 24.0. The molecule has 4 aliphatic rings. The van der Waals surface area contributed by atoms with Gasteiger partial charge in [-0.15, -0.1) is 0 Å². The highest BCUT2D eigenvalue weighted by molar-refractivity contribution is 7.10. The van der Waals surface area contributed by atoms with Crippen LogP contribution in [0.15, 0.2) is 30.5 Å². The van der Waals surface area contributed by atoms with Crippen molar-refractivity contribution in [1.29, 1.82) is 0 Å². The topological polar surface area (TPSA) is 216 Å². The summed E-state index contributed by atoms with van der Waals surface area (Å²) in [6.45, 7) is 4.99. The largest absolute Gasteiger partial charge is 0.368 e. The van der Waals surface area contributed by atoms with Crippen LogP contribution in [-0.2, 0) is 9.59 Å². The molecule has 0 aliphatic carbocycles. The van der Waals surface area contributed by atoms with Gasteiger partial charge in [-0.3, -0.25) is 34.2 Å². The molecule has 1 unspecified atom stereocenters. The summed E-state index contributed by atoms with van der Waals surface area (Å²) in [5.41, 5.74) is 7.58. The highest BCUT2D eigenvalue weighted by atomic mass is 32.1. The van der Waals surface area contributed by atoms with Crippen LogP contribution >= 0.6 is 11.5 Å². The molecule has 18 heteroatoms. The third kappa shape index (κ3) is 6.40. The van der Waals surface area contributed by atoms with Crippen LogP contribution in [0, 0.1) is 6.92 Å². The second-order valence-corrected chi connectivity index (χ2v) is 13.4. The molecular weight excluding hydrogens is 666 g/mol. The number of hydrogen-bond acceptors (Lipinski definition) is 13. The summed E-state index contributed by atoms with van der Waals surface area (Å²) < 4.78 is 4.25. The molecule has 3 saturated heterocycles. The van der Waals surface area contributed by atoms with E-state index in [9.17, 15) is 28.8 Å². The fourth-order valence-electron chi connectivity index (χ4n) is 6.73. The number of carbonyl (C=O) groups is 6. The Labute approximate surface area is 290 Å². The van der Waals surface area contributed by atoms with Gasteiger partial charge in [0.1, 0.15) is 16.9 Å². The quantitative estimate of drug-likeness (QED) is 0.254. The number of piperidine rings is 2. The number of anilines is 4. The number of urea groups is 1. The molecule has 0 bridgehead atoms. The van der Waals surface area contributed by atoms with Crippen molar-refractivity contribution in [3.05, 3.63) is 53.0 Å². The second-order valence-electron chi connectivity index (χ2n) is 12.6. The molecule has 2 atom stereocenters. The van der Waals surface area contributed by atoms with E-state index in [-0.39, 0.29) is 47.6 Å². The average Bonchev–Trinajstić information content (AvgIpc) is 3.63. The van der Waals surface area contributed by atoms with E-state index < -0.39 is 35.6 Å². The number of hydrogen-bond donors (Lipinski definition) is 4. The number of benzene rings is 1. The van der Waals surface area contributed by atoms with E-state index in [2.05, 4.69) is 30.3 Å². The number of carbonyl (C=O) groups excluding carboxylic acids is 6. The first kappa shape index (κ1) is 32.9. The van der Waals surface area contributed by atoms with Gasteiger partial charge >= 0.3 is 6.03 Å². The number of primary amides is 1. The summed E-state index contributed by atoms with van der Waals surface area (Å²) in [5, 5.41) is 9.18. The molecule has 0 spiro atoms. The van der Waals surface area contributed by atoms with Crippen LogP contribution in [0.2, 0.25) is 0 Å². The van der Waals surface area contributed by atoms with E-state index in [0.29, 0.717) is 50.1 Å². The summed E-state index contributed by atoms with van der Waals surface area (Å²) >= 11 is 1.24. The van der Waals surface area contributed by atoms with Crippen LogP contribution in [-0.4, -0.2) is 111 Å². The van der Waals surface area contributed by atoms with E-state index in [4.69, 9.17) is 5.73 Å². The lowest BCUT2D eigenvalue weighted by Gasteiger charge is -2.38. The van der Waals surface area contributed by atoms with E-state index in [0.717, 1.165) is 29.1 Å². The van der Waals surface area contributed by atoms with Crippen molar-refractivity contribution in [2.45, 2.75) is 44.7 Å². The van der Waals surface area contributed by atoms with Crippen molar-refractivity contribution in [2.24, 2.45) is 5.73 Å². The Kier molecular flexibility index (Phi) is 8.77. The number of nitrogens with two attached hydrogens (primary N) is 1. The van der Waals surface area contributed by atoms with Crippen LogP contribution in [0.5, 0.6) is 0 Å². The molecular formula is C32H35N11O6S. The molecule has 0 radical (unpaired) electrons. The lowest BCUT2D eigenvalue weighted by Crippen LogP contribution is -2.56. The maximum absolute atomic E-state index is 13.3. The molecule has 7 rings (SSSR count). The van der Waals surface area contributed by atoms with Crippen molar-refractivity contribution in [1.82, 2.24) is 34.8 Å². The number of amides is 7. The zero-order valence-corrected chi connectivity index (χ0v) is 28.0. The summed E-state index contributed by atoms with van der Waals surface area (Å²) in [6.07, 6.45) is 3.27. The molecule has 7 amide bonds. The lowest BCUT2D eigenvalue weighted by atomic mass is 10.0. The minimum absolute atomic E-state index is 0.0231. The summed E-state index contributed by atoms with van der Waals surface area (Å²) in [4.78, 5) is 91.4. The van der Waals surface area contributed by atoms with E-state index >= 15 is 0 Å². The van der Waals surface area contributed by atoms with Crippen molar-refractivity contribution in [3.8, 4) is 0 Å². The van der Waals surface area contributed by atoms with Gasteiger partial charge in [-0.05, 0) is 62.0 Å². The van der Waals surface area contributed by atoms with E-state index in [1.165, 1.54) is 17.7 Å². The van der Waals surface area contributed by atoms with Gasteiger partial charge in [0.15, 0.2) is 11.5 Å². The predicted octanol–water partition coefficient (Wildman–Crippen LogP) is 0.986. The number of aryl methyl sites for hydroxylation is 1. The number of fused-ring (bicyclic) bond motifs is 1. The highest BCUT2D eigenvalue weighted by Crippen LogP contribution is 2.31. The Morgan fingerprint density at radius 3 is 2.48 bits per heavy atom. The van der Waals surface area contributed by atoms with Crippen molar-refractivity contribution in [2.75, 3.05) is 54.4 Å². The number of nitrogens with zero attached hydrogens (tertiary/aromatic N) is 7. The van der Waals surface area contributed by atoms with Crippen molar-refractivity contribution >= 4 is 69.4 Å². The standard InChI is InChI=1S/C32H35N11O6S/c1-17-13-25(50-39-17)38-28-26(27(33)45)34-15-23(36-28)42-8-2-3-18(16-42)35-32(49)41-11-9-40(10-12-41)19-4-5-20-21(14-19)31(48)43(30(20)47)22-6-7-24(44)37-29(22)46/h4-5,13-15,18,22H,2-3,6-12,16H2,1H3,(H2,33,45)(H,35,49)(H,36,38)(H,37,44,46)/t18-,22?/m1/s1. The van der Waals surface area contributed by atoms with Gasteiger partial charge in [0, 0.05) is 57.4 Å². The van der Waals surface area contributed by atoms with Gasteiger partial charge in [-0.25, -0.2) is 14.8 Å². The molecule has 2 aromatic heterocycles. The molecule has 6 heterocycles. The third-order valence-corrected chi connectivity index (χ3v) is 10.1. The van der Waals surface area contributed by atoms with E-state index in [1.54, 1.807) is 23.1 Å². The average molecular weight is 702 g/mol. The molecule has 50 heavy (non-hydrogen) atoms. The van der Waals surface area contributed by atoms with Gasteiger partial charge in [0.25, 0.3) is 17.7 Å². The summed E-state index contributed by atoms with van der Waals surface area (Å²) in [7, 11) is 0. The Balaban J connectivity index is 0.950. The Morgan fingerprint density at radius 1 is 0.980 bits per heavy atom. The lowest BCUT2D eigenvalue weighted by molar-refractivity contribution is -0.136. The van der Waals surface area contributed by atoms with Crippen LogP contribution in [0.1, 0.15) is 62.6 Å². The van der Waals surface area contributed by atoms with Crippen LogP contribution < -0.4 is 31.5 Å². The van der Waals surface area contributed by atoms with Crippen LogP contribution in [0.3, 0.4) is 0 Å². The fraction of sp³-hybridized carbons (Fsp3) is 0.406. The summed E-state index contributed by atoms with van der Waals surface area (Å²) in [6, 6.07) is 5.52. The minimum atomic E-state index is -1.02. The monoisotopic (exact) mass is 701 g/mol. The van der Waals surface area contributed by atoms with Gasteiger partial charge in [-0.1, -0.05) is 0 Å². The second kappa shape index (κ2) is 13.3. The first-order valence-corrected chi connectivity index (χ1v) is 17.1. The molecule has 5 N–H and O–H groups in total. The zero-order valence-electron chi connectivity index (χ0n) is 27.2. The zero-order chi connectivity index (χ0) is 35.1. The molecule has 0 saturated carbocycles. The Bertz CT molecular complexity index is 1910. The number of piperazine rings is 1. The number of nitrogens with one attached hydrogen (secondary N) is 3. The maximum Gasteiger partial charge on any atom is 0.317 e. The highest BCUT2D eigenvalue weighted by Gasteiger charge is 2.45. The normalized spacial score (nSPS) is 20.9. The molecule has 3 aromatic rings. The maximum atomic E-state index is 13.3. The predicted molar refractivity (Wildman–Crippen MR) is 181 cm³/mol. The van der Waals surface area contributed by atoms with Crippen LogP contribution in [0.4, 0.5) is 27.1 Å². The molecule has 17 nitrogen and oxygen atoms in total. The summed E-state index contributed by atoms with van der Waals surface area (Å²) in [5.74, 6) is -2.08. The SMILES string of the molecule is Cc1cc(Nc2nc(N3CCC[C@@H](NC(=O)N4CCN(c5ccc6c(c5)C(=O)N(C5CCC(=O)NC5=O)C6=O)CC4)C3)cnc2C(N)=O)sn1. The molecule has 1 aromatic carbocycles. The first-order valence-electron chi connectivity index (χ1n) is 16.3. The van der Waals surface area contributed by atoms with E-state index in [1.807, 2.05) is 22.8 Å². The minimum Gasteiger partial charge on any atom is -0.368 e. The van der Waals surface area contributed by atoms with Gasteiger partial charge in [0.05, 0.1) is 23.0 Å². The number of aromatic nitrogens is 3. The number of rotatable bonds is 7. The molecule has 3 fully saturated rings. The Morgan fingerprint density at radius 2 is 1.76 bits per heavy atom. The fourth-order valence-corrected chi connectivity index (χ4v) is 7.39. The van der Waals surface area contributed by atoms with Gasteiger partial charge in [-0.2, -0.15) is 4.37 Å². The smallest absolute Gasteiger partial charge is 0.317 e. The molecule has 4 aliphatic heterocycles. The van der Waals surface area contributed by atoms with Gasteiger partial charge in [0.2, 0.25) is 11.8 Å². The van der Waals surface area contributed by atoms with Crippen LogP contribution in [0.25, 0.3) is 0 Å².